The zero-order valence-corrected chi connectivity index (χ0v) is 10.3. The lowest BCUT2D eigenvalue weighted by Gasteiger charge is -2.26. The number of hydrogen-bond donors (Lipinski definition) is 1. The van der Waals surface area contributed by atoms with E-state index in [1.54, 1.807) is 0 Å². The molecule has 14 heavy (non-hydrogen) atoms. The van der Waals surface area contributed by atoms with Gasteiger partial charge in [0.05, 0.1) is 0 Å². The van der Waals surface area contributed by atoms with Crippen molar-refractivity contribution in [2.75, 3.05) is 6.54 Å². The lowest BCUT2D eigenvalue weighted by molar-refractivity contribution is 0.276. The molecule has 0 bridgehead atoms. The molecule has 0 radical (unpaired) electrons. The van der Waals surface area contributed by atoms with Crippen molar-refractivity contribution < 1.29 is 0 Å². The highest BCUT2D eigenvalue weighted by molar-refractivity contribution is 4.87. The van der Waals surface area contributed by atoms with Gasteiger partial charge in [0, 0.05) is 6.04 Å². The minimum Gasteiger partial charge on any atom is -0.314 e. The Labute approximate surface area is 89.7 Å². The molecule has 0 spiro atoms. The van der Waals surface area contributed by atoms with Gasteiger partial charge in [0.1, 0.15) is 0 Å². The maximum atomic E-state index is 3.69. The van der Waals surface area contributed by atoms with Gasteiger partial charge in [-0.1, -0.05) is 40.5 Å². The SMILES string of the molecule is CCC(C)CC1NCCC1C(C)CC. The van der Waals surface area contributed by atoms with Crippen molar-refractivity contribution in [3.05, 3.63) is 0 Å². The van der Waals surface area contributed by atoms with Crippen LogP contribution >= 0.6 is 0 Å². The number of rotatable bonds is 5. The minimum atomic E-state index is 0.805. The van der Waals surface area contributed by atoms with Crippen LogP contribution in [0.4, 0.5) is 0 Å². The Morgan fingerprint density at radius 1 is 1.21 bits per heavy atom. The van der Waals surface area contributed by atoms with Crippen LogP contribution in [0.3, 0.4) is 0 Å². The molecule has 1 heterocycles. The lowest BCUT2D eigenvalue weighted by atomic mass is 9.82. The van der Waals surface area contributed by atoms with Crippen LogP contribution in [0.15, 0.2) is 0 Å². The summed E-state index contributed by atoms with van der Waals surface area (Å²) in [6, 6.07) is 0.805. The van der Waals surface area contributed by atoms with Gasteiger partial charge < -0.3 is 5.32 Å². The second-order valence-corrected chi connectivity index (χ2v) is 5.15. The van der Waals surface area contributed by atoms with E-state index in [0.717, 1.165) is 23.8 Å². The highest BCUT2D eigenvalue weighted by Gasteiger charge is 2.30. The Balaban J connectivity index is 2.42. The molecule has 1 heteroatoms. The van der Waals surface area contributed by atoms with Crippen LogP contribution in [0.2, 0.25) is 0 Å². The lowest BCUT2D eigenvalue weighted by Crippen LogP contribution is -2.31. The van der Waals surface area contributed by atoms with Crippen LogP contribution in [0.25, 0.3) is 0 Å². The van der Waals surface area contributed by atoms with Crippen molar-refractivity contribution in [3.8, 4) is 0 Å². The molecule has 1 fully saturated rings. The van der Waals surface area contributed by atoms with Gasteiger partial charge in [-0.15, -0.1) is 0 Å². The van der Waals surface area contributed by atoms with Crippen LogP contribution in [0, 0.1) is 17.8 Å². The zero-order chi connectivity index (χ0) is 10.6. The molecule has 1 N–H and O–H groups in total. The Morgan fingerprint density at radius 3 is 2.50 bits per heavy atom. The largest absolute Gasteiger partial charge is 0.314 e. The fourth-order valence-electron chi connectivity index (χ4n) is 2.63. The third kappa shape index (κ3) is 2.98. The van der Waals surface area contributed by atoms with Gasteiger partial charge in [-0.25, -0.2) is 0 Å². The summed E-state index contributed by atoms with van der Waals surface area (Å²) in [5, 5.41) is 3.69. The fraction of sp³-hybridized carbons (Fsp3) is 1.00. The molecule has 4 unspecified atom stereocenters. The average molecular weight is 197 g/mol. The number of hydrogen-bond acceptors (Lipinski definition) is 1. The first-order chi connectivity index (χ1) is 6.69. The molecule has 1 saturated heterocycles. The molecular weight excluding hydrogens is 170 g/mol. The summed E-state index contributed by atoms with van der Waals surface area (Å²) in [5.74, 6) is 2.73. The zero-order valence-electron chi connectivity index (χ0n) is 10.3. The average Bonchev–Trinajstić information content (AvgIpc) is 2.64. The Bertz CT molecular complexity index is 155. The monoisotopic (exact) mass is 197 g/mol. The van der Waals surface area contributed by atoms with E-state index in [9.17, 15) is 0 Å². The van der Waals surface area contributed by atoms with E-state index in [4.69, 9.17) is 0 Å². The maximum Gasteiger partial charge on any atom is 0.0101 e. The third-order valence-electron chi connectivity index (χ3n) is 4.13. The first-order valence-corrected chi connectivity index (χ1v) is 6.42. The molecule has 1 aliphatic heterocycles. The summed E-state index contributed by atoms with van der Waals surface area (Å²) in [7, 11) is 0. The van der Waals surface area contributed by atoms with Crippen LogP contribution in [-0.2, 0) is 0 Å². The molecule has 4 atom stereocenters. The summed E-state index contributed by atoms with van der Waals surface area (Å²) in [6.45, 7) is 10.7. The molecule has 1 rings (SSSR count). The topological polar surface area (TPSA) is 12.0 Å². The third-order valence-corrected chi connectivity index (χ3v) is 4.13. The van der Waals surface area contributed by atoms with Gasteiger partial charge in [0.2, 0.25) is 0 Å². The van der Waals surface area contributed by atoms with Gasteiger partial charge in [0.15, 0.2) is 0 Å². The summed E-state index contributed by atoms with van der Waals surface area (Å²) >= 11 is 0. The second kappa shape index (κ2) is 5.75. The van der Waals surface area contributed by atoms with Gasteiger partial charge in [-0.05, 0) is 37.1 Å². The van der Waals surface area contributed by atoms with E-state index in [0.29, 0.717) is 0 Å². The Hall–Kier alpha value is -0.0400. The molecular formula is C13H27N. The standard InChI is InChI=1S/C13H27N/c1-5-10(3)9-13-12(7-8-14-13)11(4)6-2/h10-14H,5-9H2,1-4H3. The van der Waals surface area contributed by atoms with Crippen molar-refractivity contribution >= 4 is 0 Å². The molecule has 0 saturated carbocycles. The van der Waals surface area contributed by atoms with Crippen molar-refractivity contribution in [1.82, 2.24) is 5.32 Å². The predicted octanol–water partition coefficient (Wildman–Crippen LogP) is 3.45. The van der Waals surface area contributed by atoms with Crippen LogP contribution in [0.1, 0.15) is 53.4 Å². The summed E-state index contributed by atoms with van der Waals surface area (Å²) in [5.41, 5.74) is 0. The first-order valence-electron chi connectivity index (χ1n) is 6.42. The molecule has 1 aliphatic rings. The molecule has 84 valence electrons. The van der Waals surface area contributed by atoms with E-state index >= 15 is 0 Å². The normalized spacial score (nSPS) is 31.7. The maximum absolute atomic E-state index is 3.69. The van der Waals surface area contributed by atoms with E-state index in [1.165, 1.54) is 32.2 Å². The number of nitrogens with one attached hydrogen (secondary N) is 1. The predicted molar refractivity (Wildman–Crippen MR) is 63.4 cm³/mol. The minimum absolute atomic E-state index is 0.805. The highest BCUT2D eigenvalue weighted by atomic mass is 15.0. The molecule has 0 aromatic rings. The van der Waals surface area contributed by atoms with E-state index in [1.807, 2.05) is 0 Å². The van der Waals surface area contributed by atoms with Crippen molar-refractivity contribution in [2.24, 2.45) is 17.8 Å². The first kappa shape index (κ1) is 12.0. The van der Waals surface area contributed by atoms with Gasteiger partial charge in [-0.3, -0.25) is 0 Å². The van der Waals surface area contributed by atoms with E-state index in [-0.39, 0.29) is 0 Å². The van der Waals surface area contributed by atoms with Crippen molar-refractivity contribution in [3.63, 3.8) is 0 Å². The van der Waals surface area contributed by atoms with Gasteiger partial charge >= 0.3 is 0 Å². The quantitative estimate of drug-likeness (QED) is 0.712. The smallest absolute Gasteiger partial charge is 0.0101 e. The van der Waals surface area contributed by atoms with E-state index in [2.05, 4.69) is 33.0 Å². The van der Waals surface area contributed by atoms with Gasteiger partial charge in [-0.2, -0.15) is 0 Å². The summed E-state index contributed by atoms with van der Waals surface area (Å²) in [6.07, 6.45) is 5.44. The molecule has 0 aromatic heterocycles. The van der Waals surface area contributed by atoms with Crippen LogP contribution in [-0.4, -0.2) is 12.6 Å². The second-order valence-electron chi connectivity index (χ2n) is 5.15. The molecule has 0 amide bonds. The van der Waals surface area contributed by atoms with Crippen molar-refractivity contribution in [1.29, 1.82) is 0 Å². The molecule has 1 nitrogen and oxygen atoms in total. The molecule has 0 aliphatic carbocycles. The Morgan fingerprint density at radius 2 is 1.93 bits per heavy atom. The van der Waals surface area contributed by atoms with Crippen molar-refractivity contribution in [2.45, 2.75) is 59.4 Å². The van der Waals surface area contributed by atoms with Gasteiger partial charge in [0.25, 0.3) is 0 Å². The summed E-state index contributed by atoms with van der Waals surface area (Å²) < 4.78 is 0. The van der Waals surface area contributed by atoms with Crippen LogP contribution in [0.5, 0.6) is 0 Å². The van der Waals surface area contributed by atoms with Crippen LogP contribution < -0.4 is 5.32 Å². The van der Waals surface area contributed by atoms with E-state index < -0.39 is 0 Å². The molecule has 0 aromatic carbocycles. The summed E-state index contributed by atoms with van der Waals surface area (Å²) in [4.78, 5) is 0. The Kier molecular flexibility index (Phi) is 4.94. The highest BCUT2D eigenvalue weighted by Crippen LogP contribution is 2.30. The fourth-order valence-corrected chi connectivity index (χ4v) is 2.63.